The molecule has 7 heteroatoms. The highest BCUT2D eigenvalue weighted by molar-refractivity contribution is 5.92. The summed E-state index contributed by atoms with van der Waals surface area (Å²) in [7, 11) is 0. The number of fused-ring (bicyclic) bond motifs is 1. The van der Waals surface area contributed by atoms with Gasteiger partial charge in [-0.05, 0) is 37.7 Å². The van der Waals surface area contributed by atoms with Crippen LogP contribution in [0.25, 0.3) is 0 Å². The number of carbonyl (C=O) groups excluding carboxylic acids is 1. The normalized spacial score (nSPS) is 23.4. The predicted molar refractivity (Wildman–Crippen MR) is 87.9 cm³/mol. The molecular formula is C18H22N4O3. The van der Waals surface area contributed by atoms with Gasteiger partial charge in [-0.1, -0.05) is 5.16 Å². The summed E-state index contributed by atoms with van der Waals surface area (Å²) in [6, 6.07) is 3.77. The van der Waals surface area contributed by atoms with Crippen LogP contribution < -0.4 is 0 Å². The average Bonchev–Trinajstić information content (AvgIpc) is 3.55. The molecule has 0 saturated heterocycles. The topological polar surface area (TPSA) is 73.4 Å². The average molecular weight is 342 g/mol. The number of rotatable bonds is 5. The first-order chi connectivity index (χ1) is 12.3. The minimum absolute atomic E-state index is 0.0412. The zero-order valence-corrected chi connectivity index (χ0v) is 14.1. The van der Waals surface area contributed by atoms with Gasteiger partial charge in [0.2, 0.25) is 0 Å². The fraction of sp³-hybridized carbons (Fsp3) is 0.611. The van der Waals surface area contributed by atoms with E-state index < -0.39 is 0 Å². The molecule has 2 aromatic heterocycles. The van der Waals surface area contributed by atoms with Gasteiger partial charge >= 0.3 is 0 Å². The van der Waals surface area contributed by atoms with Crippen molar-refractivity contribution in [2.45, 2.75) is 50.8 Å². The number of nitrogens with zero attached hydrogens (tertiary/aromatic N) is 4. The van der Waals surface area contributed by atoms with E-state index in [0.29, 0.717) is 37.2 Å². The molecule has 1 amide bonds. The summed E-state index contributed by atoms with van der Waals surface area (Å²) in [6.07, 6.45) is 6.51. The molecular weight excluding hydrogens is 320 g/mol. The van der Waals surface area contributed by atoms with Gasteiger partial charge in [-0.15, -0.1) is 0 Å². The molecule has 2 aromatic rings. The zero-order chi connectivity index (χ0) is 16.8. The van der Waals surface area contributed by atoms with E-state index in [9.17, 15) is 4.79 Å². The summed E-state index contributed by atoms with van der Waals surface area (Å²) in [6.45, 7) is 2.54. The van der Waals surface area contributed by atoms with Gasteiger partial charge in [0, 0.05) is 31.3 Å². The molecule has 2 aliphatic carbocycles. The summed E-state index contributed by atoms with van der Waals surface area (Å²) in [4.78, 5) is 14.8. The summed E-state index contributed by atoms with van der Waals surface area (Å²) < 4.78 is 13.4. The second-order valence-electron chi connectivity index (χ2n) is 7.48. The maximum absolute atomic E-state index is 13.0. The first-order valence-corrected chi connectivity index (χ1v) is 9.14. The van der Waals surface area contributed by atoms with Crippen LogP contribution in [0.3, 0.4) is 0 Å². The van der Waals surface area contributed by atoms with E-state index in [0.717, 1.165) is 30.9 Å². The minimum Gasteiger partial charge on any atom is -0.374 e. The van der Waals surface area contributed by atoms with Crippen molar-refractivity contribution in [1.82, 2.24) is 19.8 Å². The van der Waals surface area contributed by atoms with Crippen LogP contribution in [0.1, 0.15) is 53.5 Å². The summed E-state index contributed by atoms with van der Waals surface area (Å²) in [5, 5.41) is 8.38. The van der Waals surface area contributed by atoms with E-state index >= 15 is 0 Å². The van der Waals surface area contributed by atoms with Crippen LogP contribution in [-0.4, -0.2) is 45.0 Å². The van der Waals surface area contributed by atoms with E-state index in [2.05, 4.69) is 10.3 Å². The first kappa shape index (κ1) is 15.1. The second kappa shape index (κ2) is 5.98. The fourth-order valence-electron chi connectivity index (χ4n) is 3.34. The molecule has 0 bridgehead atoms. The third-order valence-corrected chi connectivity index (χ3v) is 5.24. The molecule has 0 aromatic carbocycles. The van der Waals surface area contributed by atoms with Gasteiger partial charge in [-0.3, -0.25) is 9.48 Å². The Morgan fingerprint density at radius 3 is 2.96 bits per heavy atom. The molecule has 1 atom stereocenters. The molecule has 1 aliphatic heterocycles. The van der Waals surface area contributed by atoms with Crippen LogP contribution in [-0.2, 0) is 17.8 Å². The van der Waals surface area contributed by atoms with Gasteiger partial charge in [0.25, 0.3) is 5.91 Å². The fourth-order valence-corrected chi connectivity index (χ4v) is 3.34. The lowest BCUT2D eigenvalue weighted by molar-refractivity contribution is 0.0134. The lowest BCUT2D eigenvalue weighted by Crippen LogP contribution is -2.37. The Balaban J connectivity index is 1.35. The highest BCUT2D eigenvalue weighted by atomic mass is 16.5. The number of hydrogen-bond acceptors (Lipinski definition) is 5. The Morgan fingerprint density at radius 1 is 1.28 bits per heavy atom. The van der Waals surface area contributed by atoms with Gasteiger partial charge in [0.1, 0.15) is 5.76 Å². The molecule has 7 nitrogen and oxygen atoms in total. The molecule has 132 valence electrons. The maximum atomic E-state index is 13.0. The number of aromatic nitrogens is 3. The molecule has 3 aliphatic rings. The first-order valence-electron chi connectivity index (χ1n) is 9.14. The molecule has 0 spiro atoms. The largest absolute Gasteiger partial charge is 0.374 e. The number of hydrogen-bond donors (Lipinski definition) is 0. The number of ether oxygens (including phenoxy) is 1. The van der Waals surface area contributed by atoms with Crippen molar-refractivity contribution in [3.8, 4) is 0 Å². The van der Waals surface area contributed by atoms with E-state index in [1.807, 2.05) is 21.7 Å². The third-order valence-electron chi connectivity index (χ3n) is 5.24. The van der Waals surface area contributed by atoms with Crippen molar-refractivity contribution in [2.75, 3.05) is 13.2 Å². The molecule has 0 N–H and O–H groups in total. The molecule has 0 radical (unpaired) electrons. The van der Waals surface area contributed by atoms with E-state index in [4.69, 9.17) is 9.26 Å². The highest BCUT2D eigenvalue weighted by Crippen LogP contribution is 2.40. The summed E-state index contributed by atoms with van der Waals surface area (Å²) in [5.41, 5.74) is 1.42. The lowest BCUT2D eigenvalue weighted by atomic mass is 10.2. The van der Waals surface area contributed by atoms with Crippen LogP contribution in [0.2, 0.25) is 0 Å². The summed E-state index contributed by atoms with van der Waals surface area (Å²) in [5.74, 6) is 1.89. The zero-order valence-electron chi connectivity index (χ0n) is 14.1. The van der Waals surface area contributed by atoms with Gasteiger partial charge in [0.05, 0.1) is 24.9 Å². The van der Waals surface area contributed by atoms with Crippen molar-refractivity contribution in [3.63, 3.8) is 0 Å². The van der Waals surface area contributed by atoms with Crippen molar-refractivity contribution < 1.29 is 14.1 Å². The van der Waals surface area contributed by atoms with Gasteiger partial charge < -0.3 is 14.2 Å². The minimum atomic E-state index is -0.0923. The Hall–Kier alpha value is -2.15. The van der Waals surface area contributed by atoms with E-state index in [-0.39, 0.29) is 12.0 Å². The molecule has 3 heterocycles. The molecule has 2 saturated carbocycles. The van der Waals surface area contributed by atoms with E-state index in [1.54, 1.807) is 6.20 Å². The van der Waals surface area contributed by atoms with E-state index in [1.165, 1.54) is 12.8 Å². The number of carbonyl (C=O) groups is 1. The Labute approximate surface area is 145 Å². The summed E-state index contributed by atoms with van der Waals surface area (Å²) >= 11 is 0. The smallest absolute Gasteiger partial charge is 0.276 e. The SMILES string of the molecule is O=C(c1cc(C2CC2)on1)N1Cc2ccnn2CC(OCC2CC2)C1. The monoisotopic (exact) mass is 342 g/mol. The van der Waals surface area contributed by atoms with Crippen LogP contribution in [0.15, 0.2) is 22.9 Å². The quantitative estimate of drug-likeness (QED) is 0.833. The Morgan fingerprint density at radius 2 is 2.16 bits per heavy atom. The van der Waals surface area contributed by atoms with Crippen molar-refractivity contribution in [1.29, 1.82) is 0 Å². The maximum Gasteiger partial charge on any atom is 0.276 e. The molecule has 1 unspecified atom stereocenters. The van der Waals surface area contributed by atoms with Gasteiger partial charge in [-0.2, -0.15) is 5.10 Å². The second-order valence-corrected chi connectivity index (χ2v) is 7.48. The van der Waals surface area contributed by atoms with Crippen LogP contribution in [0.4, 0.5) is 0 Å². The Kier molecular flexibility index (Phi) is 3.62. The van der Waals surface area contributed by atoms with Gasteiger partial charge in [0.15, 0.2) is 5.69 Å². The van der Waals surface area contributed by atoms with Crippen molar-refractivity contribution >= 4 is 5.91 Å². The van der Waals surface area contributed by atoms with Crippen LogP contribution >= 0.6 is 0 Å². The van der Waals surface area contributed by atoms with Crippen LogP contribution in [0, 0.1) is 5.92 Å². The standard InChI is InChI=1S/C18H22N4O3/c23-18(16-7-17(25-20-16)13-3-4-13)21-8-14-5-6-19-22(14)10-15(9-21)24-11-12-1-2-12/h5-7,12-13,15H,1-4,8-11H2. The van der Waals surface area contributed by atoms with Crippen molar-refractivity contribution in [3.05, 3.63) is 35.5 Å². The molecule has 5 rings (SSSR count). The number of amides is 1. The molecule has 25 heavy (non-hydrogen) atoms. The third kappa shape index (κ3) is 3.20. The van der Waals surface area contributed by atoms with Crippen molar-refractivity contribution in [2.24, 2.45) is 5.92 Å². The van der Waals surface area contributed by atoms with Gasteiger partial charge in [-0.25, -0.2) is 0 Å². The Bertz CT molecular complexity index is 775. The lowest BCUT2D eigenvalue weighted by Gasteiger charge is -2.23. The predicted octanol–water partition coefficient (Wildman–Crippen LogP) is 2.20. The van der Waals surface area contributed by atoms with Crippen LogP contribution in [0.5, 0.6) is 0 Å². The molecule has 2 fully saturated rings. The highest BCUT2D eigenvalue weighted by Gasteiger charge is 2.32.